The van der Waals surface area contributed by atoms with Gasteiger partial charge in [0.1, 0.15) is 0 Å². The quantitative estimate of drug-likeness (QED) is 0.794. The molecule has 1 aromatic carbocycles. The van der Waals surface area contributed by atoms with E-state index in [4.69, 9.17) is 11.6 Å². The number of nitrogens with one attached hydrogen (secondary N) is 1. The van der Waals surface area contributed by atoms with Crippen LogP contribution in [0.4, 0.5) is 5.82 Å². The molecular weight excluding hydrogens is 312 g/mol. The summed E-state index contributed by atoms with van der Waals surface area (Å²) in [5, 5.41) is 3.79. The molecule has 5 nitrogen and oxygen atoms in total. The summed E-state index contributed by atoms with van der Waals surface area (Å²) in [6.07, 6.45) is 3.34. The molecule has 0 atom stereocenters. The average Bonchev–Trinajstić information content (AvgIpc) is 2.52. The molecule has 23 heavy (non-hydrogen) atoms. The zero-order valence-corrected chi connectivity index (χ0v) is 13.7. The zero-order chi connectivity index (χ0) is 16.4. The first kappa shape index (κ1) is 15.5. The Morgan fingerprint density at radius 3 is 2.87 bits per heavy atom. The van der Waals surface area contributed by atoms with Crippen molar-refractivity contribution in [3.63, 3.8) is 0 Å². The number of fused-ring (bicyclic) bond motifs is 1. The fraction of sp³-hybridized carbons (Fsp3) is 0.235. The van der Waals surface area contributed by atoms with Gasteiger partial charge in [0.25, 0.3) is 5.56 Å². The molecule has 0 unspecified atom stereocenters. The highest BCUT2D eigenvalue weighted by atomic mass is 35.5. The maximum Gasteiger partial charge on any atom is 0.294 e. The fourth-order valence-electron chi connectivity index (χ4n) is 2.51. The van der Waals surface area contributed by atoms with Crippen LogP contribution in [0.5, 0.6) is 0 Å². The van der Waals surface area contributed by atoms with Crippen molar-refractivity contribution in [2.24, 2.45) is 0 Å². The Balaban J connectivity index is 2.01. The molecule has 0 bridgehead atoms. The number of nitrogens with zero attached hydrogens (tertiary/aromatic N) is 3. The number of pyridine rings is 1. The molecule has 2 heterocycles. The van der Waals surface area contributed by atoms with Crippen LogP contribution in [-0.4, -0.2) is 14.5 Å². The van der Waals surface area contributed by atoms with Crippen molar-refractivity contribution >= 4 is 28.5 Å². The minimum Gasteiger partial charge on any atom is -0.361 e. The fourth-order valence-corrected chi connectivity index (χ4v) is 2.72. The Bertz CT molecular complexity index is 904. The third kappa shape index (κ3) is 3.19. The van der Waals surface area contributed by atoms with Crippen LogP contribution in [-0.2, 0) is 6.54 Å². The number of anilines is 1. The van der Waals surface area contributed by atoms with Crippen molar-refractivity contribution in [1.29, 1.82) is 0 Å². The van der Waals surface area contributed by atoms with Gasteiger partial charge in [0.15, 0.2) is 5.82 Å². The molecule has 3 aromatic rings. The third-order valence-electron chi connectivity index (χ3n) is 3.56. The Morgan fingerprint density at radius 1 is 1.30 bits per heavy atom. The summed E-state index contributed by atoms with van der Waals surface area (Å²) in [7, 11) is 0. The molecule has 118 valence electrons. The van der Waals surface area contributed by atoms with Crippen molar-refractivity contribution in [2.75, 3.05) is 5.32 Å². The first-order valence-electron chi connectivity index (χ1n) is 7.41. The van der Waals surface area contributed by atoms with E-state index in [1.807, 2.05) is 38.1 Å². The lowest BCUT2D eigenvalue weighted by Crippen LogP contribution is -2.26. The Labute approximate surface area is 139 Å². The second-order valence-corrected chi connectivity index (χ2v) is 6.01. The monoisotopic (exact) mass is 328 g/mol. The first-order chi connectivity index (χ1) is 11.1. The summed E-state index contributed by atoms with van der Waals surface area (Å²) in [5.74, 6) is 0.331. The molecular formula is C17H17ClN4O. The predicted molar refractivity (Wildman–Crippen MR) is 93.0 cm³/mol. The van der Waals surface area contributed by atoms with E-state index in [0.717, 1.165) is 16.6 Å². The lowest BCUT2D eigenvalue weighted by atomic mass is 10.2. The third-order valence-corrected chi connectivity index (χ3v) is 3.79. The van der Waals surface area contributed by atoms with E-state index < -0.39 is 0 Å². The van der Waals surface area contributed by atoms with Gasteiger partial charge in [-0.2, -0.15) is 0 Å². The van der Waals surface area contributed by atoms with Crippen LogP contribution < -0.4 is 10.9 Å². The number of aromatic nitrogens is 3. The molecule has 0 saturated carbocycles. The number of benzene rings is 1. The highest BCUT2D eigenvalue weighted by molar-refractivity contribution is 6.30. The topological polar surface area (TPSA) is 59.8 Å². The molecule has 0 amide bonds. The van der Waals surface area contributed by atoms with Crippen molar-refractivity contribution in [3.05, 3.63) is 63.7 Å². The summed E-state index contributed by atoms with van der Waals surface area (Å²) < 4.78 is 1.70. The lowest BCUT2D eigenvalue weighted by Gasteiger charge is -2.15. The van der Waals surface area contributed by atoms with Crippen LogP contribution >= 0.6 is 11.6 Å². The second kappa shape index (κ2) is 6.38. The predicted octanol–water partition coefficient (Wildman–Crippen LogP) is 3.64. The van der Waals surface area contributed by atoms with E-state index in [9.17, 15) is 4.79 Å². The van der Waals surface area contributed by atoms with E-state index in [1.54, 1.807) is 23.0 Å². The second-order valence-electron chi connectivity index (χ2n) is 5.58. The van der Waals surface area contributed by atoms with Crippen LogP contribution in [0.3, 0.4) is 0 Å². The standard InChI is InChI=1S/C17H17ClN4O/c1-11(2)22-15-10-19-7-6-14(15)21-16(17(22)23)20-9-12-4-3-5-13(18)8-12/h3-8,10-11H,9H2,1-2H3,(H,20,21). The molecule has 0 radical (unpaired) electrons. The van der Waals surface area contributed by atoms with E-state index >= 15 is 0 Å². The molecule has 6 heteroatoms. The smallest absolute Gasteiger partial charge is 0.294 e. The van der Waals surface area contributed by atoms with Gasteiger partial charge in [-0.25, -0.2) is 4.98 Å². The first-order valence-corrected chi connectivity index (χ1v) is 7.78. The minimum absolute atomic E-state index is 0.0175. The molecule has 2 aromatic heterocycles. The molecule has 3 rings (SSSR count). The van der Waals surface area contributed by atoms with Gasteiger partial charge in [-0.05, 0) is 37.6 Å². The van der Waals surface area contributed by atoms with Gasteiger partial charge in [0.05, 0.1) is 17.2 Å². The normalized spacial score (nSPS) is 11.1. The number of hydrogen-bond acceptors (Lipinski definition) is 4. The van der Waals surface area contributed by atoms with E-state index in [1.165, 1.54) is 0 Å². The van der Waals surface area contributed by atoms with Crippen molar-refractivity contribution in [2.45, 2.75) is 26.4 Å². The maximum atomic E-state index is 12.7. The number of hydrogen-bond donors (Lipinski definition) is 1. The number of halogens is 1. The summed E-state index contributed by atoms with van der Waals surface area (Å²) in [6, 6.07) is 9.33. The molecule has 0 aliphatic heterocycles. The van der Waals surface area contributed by atoms with Crippen LogP contribution in [0.25, 0.3) is 11.0 Å². The van der Waals surface area contributed by atoms with Gasteiger partial charge < -0.3 is 5.32 Å². The van der Waals surface area contributed by atoms with Crippen LogP contribution in [0.1, 0.15) is 25.5 Å². The Morgan fingerprint density at radius 2 is 2.13 bits per heavy atom. The van der Waals surface area contributed by atoms with Crippen LogP contribution in [0.2, 0.25) is 5.02 Å². The van der Waals surface area contributed by atoms with Gasteiger partial charge >= 0.3 is 0 Å². The van der Waals surface area contributed by atoms with E-state index in [0.29, 0.717) is 17.4 Å². The average molecular weight is 329 g/mol. The highest BCUT2D eigenvalue weighted by Crippen LogP contribution is 2.16. The van der Waals surface area contributed by atoms with Crippen molar-refractivity contribution in [1.82, 2.24) is 14.5 Å². The van der Waals surface area contributed by atoms with Gasteiger partial charge in [-0.3, -0.25) is 14.3 Å². The molecule has 0 spiro atoms. The molecule has 1 N–H and O–H groups in total. The maximum absolute atomic E-state index is 12.7. The summed E-state index contributed by atoms with van der Waals surface area (Å²) >= 11 is 5.99. The minimum atomic E-state index is -0.150. The SMILES string of the molecule is CC(C)n1c(=O)c(NCc2cccc(Cl)c2)nc2ccncc21. The van der Waals surface area contributed by atoms with Crippen LogP contribution in [0.15, 0.2) is 47.5 Å². The largest absolute Gasteiger partial charge is 0.361 e. The Hall–Kier alpha value is -2.40. The van der Waals surface area contributed by atoms with E-state index in [-0.39, 0.29) is 11.6 Å². The van der Waals surface area contributed by atoms with Gasteiger partial charge in [0, 0.05) is 23.8 Å². The lowest BCUT2D eigenvalue weighted by molar-refractivity contribution is 0.598. The summed E-state index contributed by atoms with van der Waals surface area (Å²) in [4.78, 5) is 21.2. The van der Waals surface area contributed by atoms with Crippen molar-refractivity contribution < 1.29 is 0 Å². The Kier molecular flexibility index (Phi) is 4.30. The molecule has 0 aliphatic carbocycles. The molecule has 0 saturated heterocycles. The highest BCUT2D eigenvalue weighted by Gasteiger charge is 2.13. The van der Waals surface area contributed by atoms with E-state index in [2.05, 4.69) is 15.3 Å². The summed E-state index contributed by atoms with van der Waals surface area (Å²) in [6.45, 7) is 4.42. The van der Waals surface area contributed by atoms with Gasteiger partial charge in [-0.15, -0.1) is 0 Å². The number of rotatable bonds is 4. The molecule has 0 aliphatic rings. The molecule has 0 fully saturated rings. The van der Waals surface area contributed by atoms with Crippen LogP contribution in [0, 0.1) is 0 Å². The van der Waals surface area contributed by atoms with Gasteiger partial charge in [0.2, 0.25) is 0 Å². The van der Waals surface area contributed by atoms with Crippen molar-refractivity contribution in [3.8, 4) is 0 Å². The zero-order valence-electron chi connectivity index (χ0n) is 13.0. The summed E-state index contributed by atoms with van der Waals surface area (Å²) in [5.41, 5.74) is 2.31. The van der Waals surface area contributed by atoms with Gasteiger partial charge in [-0.1, -0.05) is 23.7 Å².